The minimum Gasteiger partial charge on any atom is -0.345 e. The SMILES string of the molecule is CC(C)[Si](CC1=C(C[Si](C(C)C)(C(C)C)C(C)C)C23CCCCC12C=C3C(=O)N(C)C)(C(C)C)C(C)C. The van der Waals surface area contributed by atoms with Crippen LogP contribution in [0.2, 0.25) is 45.3 Å². The number of amides is 1. The Morgan fingerprint density at radius 1 is 0.703 bits per heavy atom. The molecular weight excluding hydrogens is 483 g/mol. The number of likely N-dealkylation sites (N-methyl/N-ethyl adjacent to an activating group) is 1. The molecule has 2 atom stereocenters. The Balaban J connectivity index is 2.31. The topological polar surface area (TPSA) is 20.3 Å². The van der Waals surface area contributed by atoms with Gasteiger partial charge in [-0.05, 0) is 24.9 Å². The molecule has 2 unspecified atom stereocenters. The molecule has 3 rings (SSSR count). The number of carbonyl (C=O) groups is 1. The van der Waals surface area contributed by atoms with Crippen LogP contribution in [0.1, 0.15) is 109 Å². The van der Waals surface area contributed by atoms with Crippen LogP contribution >= 0.6 is 0 Å². The van der Waals surface area contributed by atoms with Crippen molar-refractivity contribution in [2.75, 3.05) is 14.1 Å². The quantitative estimate of drug-likeness (QED) is 0.187. The predicted octanol–water partition coefficient (Wildman–Crippen LogP) is 10.2. The smallest absolute Gasteiger partial charge is 0.249 e. The van der Waals surface area contributed by atoms with Crippen LogP contribution in [-0.4, -0.2) is 41.1 Å². The first-order valence-corrected chi connectivity index (χ1v) is 20.6. The summed E-state index contributed by atoms with van der Waals surface area (Å²) >= 11 is 0. The van der Waals surface area contributed by atoms with Gasteiger partial charge in [-0.1, -0.05) is 146 Å². The summed E-state index contributed by atoms with van der Waals surface area (Å²) in [6, 6.07) is 2.67. The lowest BCUT2D eigenvalue weighted by Crippen LogP contribution is -2.66. The standard InChI is InChI=1S/C33H61NOSi2/c1-22(2)36(23(3)4,24(5)6)20-29-30(21-37(25(7)8,26(9)10)27(11)12)33-18-16-15-17-32(29,33)19-28(33)31(35)34(13)14/h19,22-27H,15-18,20-21H2,1-14H3. The van der Waals surface area contributed by atoms with Gasteiger partial charge in [-0.15, -0.1) is 0 Å². The van der Waals surface area contributed by atoms with Crippen molar-refractivity contribution in [3.8, 4) is 0 Å². The molecule has 2 nitrogen and oxygen atoms in total. The Hall–Kier alpha value is -0.616. The predicted molar refractivity (Wildman–Crippen MR) is 169 cm³/mol. The third-order valence-corrected chi connectivity index (χ3v) is 27.3. The number of allylic oxidation sites excluding steroid dienone is 3. The molecule has 3 aliphatic carbocycles. The first kappa shape index (κ1) is 30.9. The van der Waals surface area contributed by atoms with Crippen LogP contribution in [0.25, 0.3) is 0 Å². The highest BCUT2D eigenvalue weighted by Gasteiger charge is 2.73. The largest absolute Gasteiger partial charge is 0.345 e. The van der Waals surface area contributed by atoms with Crippen molar-refractivity contribution in [1.82, 2.24) is 4.90 Å². The van der Waals surface area contributed by atoms with Crippen LogP contribution in [0, 0.1) is 10.8 Å². The van der Waals surface area contributed by atoms with Crippen molar-refractivity contribution in [2.45, 2.75) is 154 Å². The van der Waals surface area contributed by atoms with E-state index >= 15 is 0 Å². The number of hydrogen-bond acceptors (Lipinski definition) is 1. The highest BCUT2D eigenvalue weighted by atomic mass is 28.3. The van der Waals surface area contributed by atoms with Crippen molar-refractivity contribution in [1.29, 1.82) is 0 Å². The zero-order valence-electron chi connectivity index (χ0n) is 27.1. The monoisotopic (exact) mass is 543 g/mol. The maximum atomic E-state index is 13.6. The van der Waals surface area contributed by atoms with Gasteiger partial charge < -0.3 is 4.90 Å². The van der Waals surface area contributed by atoms with Gasteiger partial charge in [0, 0.05) is 30.5 Å². The van der Waals surface area contributed by atoms with E-state index in [9.17, 15) is 4.79 Å². The zero-order valence-corrected chi connectivity index (χ0v) is 29.1. The normalized spacial score (nSPS) is 26.1. The van der Waals surface area contributed by atoms with Gasteiger partial charge in [-0.25, -0.2) is 0 Å². The van der Waals surface area contributed by atoms with Crippen LogP contribution in [0.15, 0.2) is 22.8 Å². The Labute approximate surface area is 233 Å². The highest BCUT2D eigenvalue weighted by molar-refractivity contribution is 6.85. The molecule has 0 radical (unpaired) electrons. The van der Waals surface area contributed by atoms with Crippen molar-refractivity contribution >= 4 is 22.1 Å². The van der Waals surface area contributed by atoms with Crippen LogP contribution in [0.5, 0.6) is 0 Å². The first-order valence-electron chi connectivity index (χ1n) is 15.7. The summed E-state index contributed by atoms with van der Waals surface area (Å²) in [4.78, 5) is 15.5. The Bertz CT molecular complexity index is 894. The van der Waals surface area contributed by atoms with Gasteiger partial charge in [-0.2, -0.15) is 0 Å². The van der Waals surface area contributed by atoms with Crippen LogP contribution in [0.3, 0.4) is 0 Å². The molecule has 0 aromatic rings. The van der Waals surface area contributed by atoms with E-state index in [0.717, 1.165) is 33.2 Å². The number of hydrogen-bond donors (Lipinski definition) is 0. The lowest BCUT2D eigenvalue weighted by atomic mass is 9.33. The van der Waals surface area contributed by atoms with Crippen molar-refractivity contribution in [3.63, 3.8) is 0 Å². The molecule has 1 fully saturated rings. The fraction of sp³-hybridized carbons (Fsp3) is 0.848. The van der Waals surface area contributed by atoms with Crippen LogP contribution in [-0.2, 0) is 4.79 Å². The van der Waals surface area contributed by atoms with Crippen LogP contribution in [0.4, 0.5) is 0 Å². The highest BCUT2D eigenvalue weighted by Crippen LogP contribution is 2.80. The molecule has 3 aliphatic rings. The molecule has 0 heterocycles. The van der Waals surface area contributed by atoms with Crippen molar-refractivity contribution in [3.05, 3.63) is 22.8 Å². The minimum atomic E-state index is -1.67. The molecule has 0 aromatic heterocycles. The van der Waals surface area contributed by atoms with Gasteiger partial charge in [0.25, 0.3) is 0 Å². The zero-order chi connectivity index (χ0) is 28.3. The summed E-state index contributed by atoms with van der Waals surface area (Å²) in [5.41, 5.74) is 9.59. The second-order valence-electron chi connectivity index (χ2n) is 15.3. The van der Waals surface area contributed by atoms with Crippen molar-refractivity contribution in [2.24, 2.45) is 10.8 Å². The Morgan fingerprint density at radius 3 is 1.46 bits per heavy atom. The fourth-order valence-electron chi connectivity index (χ4n) is 10.5. The summed E-state index contributed by atoms with van der Waals surface area (Å²) in [6.45, 7) is 30.3. The van der Waals surface area contributed by atoms with Crippen LogP contribution < -0.4 is 0 Å². The molecule has 0 aliphatic heterocycles. The molecule has 0 bridgehead atoms. The second kappa shape index (κ2) is 10.4. The van der Waals surface area contributed by atoms with E-state index in [4.69, 9.17) is 0 Å². The van der Waals surface area contributed by atoms with E-state index < -0.39 is 16.1 Å². The van der Waals surface area contributed by atoms with Gasteiger partial charge in [0.05, 0.1) is 16.1 Å². The average molecular weight is 544 g/mol. The minimum absolute atomic E-state index is 0.0456. The van der Waals surface area contributed by atoms with E-state index in [0.29, 0.717) is 0 Å². The third-order valence-electron chi connectivity index (χ3n) is 12.5. The van der Waals surface area contributed by atoms with Crippen molar-refractivity contribution < 1.29 is 4.79 Å². The molecule has 0 aromatic carbocycles. The molecule has 37 heavy (non-hydrogen) atoms. The third kappa shape index (κ3) is 4.07. The molecule has 0 N–H and O–H groups in total. The number of rotatable bonds is 11. The summed E-state index contributed by atoms with van der Waals surface area (Å²) in [5.74, 6) is 0.278. The molecule has 1 amide bonds. The maximum Gasteiger partial charge on any atom is 0.249 e. The molecule has 4 heteroatoms. The summed E-state index contributed by atoms with van der Waals surface area (Å²) in [5, 5.41) is 0. The van der Waals surface area contributed by atoms with E-state index in [1.807, 2.05) is 24.6 Å². The molecule has 0 spiro atoms. The van der Waals surface area contributed by atoms with E-state index in [1.54, 1.807) is 5.57 Å². The van der Waals surface area contributed by atoms with Gasteiger partial charge in [0.2, 0.25) is 5.91 Å². The average Bonchev–Trinajstić information content (AvgIpc) is 2.75. The fourth-order valence-corrected chi connectivity index (χ4v) is 23.2. The molecular formula is C33H61NOSi2. The van der Waals surface area contributed by atoms with E-state index in [-0.39, 0.29) is 16.7 Å². The molecule has 212 valence electrons. The maximum absolute atomic E-state index is 13.6. The summed E-state index contributed by atoms with van der Waals surface area (Å²) < 4.78 is 0. The lowest BCUT2D eigenvalue weighted by molar-refractivity contribution is -0.129. The number of carbonyl (C=O) groups excluding carboxylic acids is 1. The Kier molecular flexibility index (Phi) is 8.70. The number of nitrogens with zero attached hydrogens (tertiary/aromatic N) is 1. The van der Waals surface area contributed by atoms with E-state index in [2.05, 4.69) is 89.2 Å². The van der Waals surface area contributed by atoms with Gasteiger partial charge >= 0.3 is 0 Å². The molecule has 1 saturated carbocycles. The molecule has 0 saturated heterocycles. The van der Waals surface area contributed by atoms with Gasteiger partial charge in [0.1, 0.15) is 0 Å². The van der Waals surface area contributed by atoms with Gasteiger partial charge in [-0.3, -0.25) is 4.79 Å². The Morgan fingerprint density at radius 2 is 1.08 bits per heavy atom. The van der Waals surface area contributed by atoms with E-state index in [1.165, 1.54) is 43.3 Å². The van der Waals surface area contributed by atoms with Gasteiger partial charge in [0.15, 0.2) is 0 Å². The first-order chi connectivity index (χ1) is 17.0. The lowest BCUT2D eigenvalue weighted by Gasteiger charge is -2.72. The summed E-state index contributed by atoms with van der Waals surface area (Å²) in [6.07, 6.45) is 7.58. The second-order valence-corrected chi connectivity index (χ2v) is 27.4. The summed E-state index contributed by atoms with van der Waals surface area (Å²) in [7, 11) is 0.620.